The lowest BCUT2D eigenvalue weighted by Crippen LogP contribution is -2.53. The van der Waals surface area contributed by atoms with Crippen LogP contribution in [0.5, 0.6) is 5.75 Å². The molecule has 50 heavy (non-hydrogen) atoms. The first-order valence-electron chi connectivity index (χ1n) is 17.1. The summed E-state index contributed by atoms with van der Waals surface area (Å²) in [7, 11) is 3.34. The molecule has 3 aromatic carbocycles. The molecule has 3 N–H and O–H groups in total. The van der Waals surface area contributed by atoms with E-state index in [1.807, 2.05) is 60.7 Å². The molecule has 3 aromatic rings. The van der Waals surface area contributed by atoms with Gasteiger partial charge in [0.15, 0.2) is 0 Å². The number of rotatable bonds is 6. The number of carbonyl (C=O) groups is 5. The SMILES string of the molecule is C[C@@H]1NC(=O)CC(C)(C)NC(=O)CC[C@@H](C(=O)N(C)CCc2ccccc2)NC(=O)c2ccccc2OC[C@H](Cc2ccccc2)N(C)C1=O. The van der Waals surface area contributed by atoms with Crippen molar-refractivity contribution in [3.8, 4) is 5.75 Å². The molecule has 0 unspecified atom stereocenters. The van der Waals surface area contributed by atoms with Crippen molar-refractivity contribution in [1.29, 1.82) is 0 Å². The first kappa shape index (κ1) is 37.6. The molecule has 1 aliphatic heterocycles. The second kappa shape index (κ2) is 17.5. The van der Waals surface area contributed by atoms with Crippen molar-refractivity contribution < 1.29 is 28.7 Å². The molecule has 0 radical (unpaired) electrons. The molecule has 0 aliphatic carbocycles. The molecule has 0 bridgehead atoms. The van der Waals surface area contributed by atoms with Gasteiger partial charge in [-0.1, -0.05) is 72.8 Å². The summed E-state index contributed by atoms with van der Waals surface area (Å²) in [5.74, 6) is -1.66. The maximum atomic E-state index is 13.8. The number of carbonyl (C=O) groups excluding carboxylic acids is 5. The number of para-hydroxylation sites is 1. The molecule has 0 saturated carbocycles. The first-order valence-corrected chi connectivity index (χ1v) is 17.1. The van der Waals surface area contributed by atoms with Crippen LogP contribution in [0, 0.1) is 0 Å². The van der Waals surface area contributed by atoms with Crippen LogP contribution in [-0.2, 0) is 32.0 Å². The lowest BCUT2D eigenvalue weighted by molar-refractivity contribution is -0.137. The Morgan fingerprint density at radius 1 is 0.880 bits per heavy atom. The monoisotopic (exact) mass is 683 g/mol. The minimum absolute atomic E-state index is 0.0346. The molecule has 0 saturated heterocycles. The van der Waals surface area contributed by atoms with Crippen molar-refractivity contribution in [3.05, 3.63) is 102 Å². The van der Waals surface area contributed by atoms with E-state index in [1.165, 1.54) is 0 Å². The number of ether oxygens (including phenoxy) is 1. The van der Waals surface area contributed by atoms with E-state index < -0.39 is 35.5 Å². The maximum absolute atomic E-state index is 13.8. The third kappa shape index (κ3) is 10.9. The molecule has 0 aromatic heterocycles. The summed E-state index contributed by atoms with van der Waals surface area (Å²) in [4.78, 5) is 70.6. The van der Waals surface area contributed by atoms with Crippen molar-refractivity contribution in [2.45, 2.75) is 76.5 Å². The molecule has 11 heteroatoms. The Morgan fingerprint density at radius 2 is 1.50 bits per heavy atom. The Kier molecular flexibility index (Phi) is 13.1. The Hall–Kier alpha value is -5.19. The summed E-state index contributed by atoms with van der Waals surface area (Å²) in [5.41, 5.74) is 1.32. The van der Waals surface area contributed by atoms with E-state index in [9.17, 15) is 24.0 Å². The minimum Gasteiger partial charge on any atom is -0.491 e. The molecular weight excluding hydrogens is 634 g/mol. The Bertz CT molecular complexity index is 1630. The van der Waals surface area contributed by atoms with Crippen molar-refractivity contribution in [2.75, 3.05) is 27.2 Å². The molecule has 3 atom stereocenters. The third-order valence-electron chi connectivity index (χ3n) is 8.82. The number of benzene rings is 3. The van der Waals surface area contributed by atoms with Gasteiger partial charge in [0.1, 0.15) is 24.4 Å². The second-order valence-corrected chi connectivity index (χ2v) is 13.6. The zero-order chi connectivity index (χ0) is 36.3. The fourth-order valence-electron chi connectivity index (χ4n) is 5.97. The van der Waals surface area contributed by atoms with Crippen LogP contribution >= 0.6 is 0 Å². The van der Waals surface area contributed by atoms with Crippen LogP contribution < -0.4 is 20.7 Å². The van der Waals surface area contributed by atoms with Crippen molar-refractivity contribution >= 4 is 29.5 Å². The number of likely N-dealkylation sites (N-methyl/N-ethyl adjacent to an activating group) is 2. The molecule has 1 heterocycles. The van der Waals surface area contributed by atoms with E-state index in [0.29, 0.717) is 19.4 Å². The largest absolute Gasteiger partial charge is 0.491 e. The summed E-state index contributed by atoms with van der Waals surface area (Å²) in [6.07, 6.45) is 0.966. The van der Waals surface area contributed by atoms with Gasteiger partial charge in [0.05, 0.1) is 11.6 Å². The van der Waals surface area contributed by atoms with Crippen molar-refractivity contribution in [1.82, 2.24) is 25.8 Å². The highest BCUT2D eigenvalue weighted by molar-refractivity contribution is 5.99. The van der Waals surface area contributed by atoms with E-state index in [4.69, 9.17) is 4.74 Å². The van der Waals surface area contributed by atoms with Gasteiger partial charge >= 0.3 is 0 Å². The quantitative estimate of drug-likeness (QED) is 0.364. The predicted octanol–water partition coefficient (Wildman–Crippen LogP) is 3.52. The molecule has 11 nitrogen and oxygen atoms in total. The molecular formula is C39H49N5O6. The topological polar surface area (TPSA) is 137 Å². The summed E-state index contributed by atoms with van der Waals surface area (Å²) in [6.45, 7) is 5.53. The lowest BCUT2D eigenvalue weighted by Gasteiger charge is -2.31. The van der Waals surface area contributed by atoms with Crippen LogP contribution in [-0.4, -0.2) is 90.2 Å². The van der Waals surface area contributed by atoms with Crippen LogP contribution in [0.1, 0.15) is 61.5 Å². The second-order valence-electron chi connectivity index (χ2n) is 13.6. The average Bonchev–Trinajstić information content (AvgIpc) is 3.09. The normalized spacial score (nSPS) is 20.8. The van der Waals surface area contributed by atoms with Crippen LogP contribution in [0.25, 0.3) is 0 Å². The van der Waals surface area contributed by atoms with E-state index in [0.717, 1.165) is 11.1 Å². The van der Waals surface area contributed by atoms with Crippen LogP contribution in [0.2, 0.25) is 0 Å². The number of hydrogen-bond donors (Lipinski definition) is 3. The number of nitrogens with zero attached hydrogens (tertiary/aromatic N) is 2. The fourth-order valence-corrected chi connectivity index (χ4v) is 5.97. The zero-order valence-electron chi connectivity index (χ0n) is 29.6. The average molecular weight is 684 g/mol. The molecule has 266 valence electrons. The van der Waals surface area contributed by atoms with Gasteiger partial charge in [-0.05, 0) is 63.3 Å². The highest BCUT2D eigenvalue weighted by Gasteiger charge is 2.31. The van der Waals surface area contributed by atoms with Gasteiger partial charge < -0.3 is 30.5 Å². The van der Waals surface area contributed by atoms with Gasteiger partial charge in [0.2, 0.25) is 23.6 Å². The molecule has 4 rings (SSSR count). The lowest BCUT2D eigenvalue weighted by atomic mass is 9.98. The Labute approximate surface area is 294 Å². The first-order chi connectivity index (χ1) is 23.8. The van der Waals surface area contributed by atoms with Gasteiger partial charge in [-0.2, -0.15) is 0 Å². The number of nitrogens with one attached hydrogen (secondary N) is 3. The molecule has 0 fully saturated rings. The van der Waals surface area contributed by atoms with E-state index in [-0.39, 0.29) is 54.9 Å². The van der Waals surface area contributed by atoms with Gasteiger partial charge in [-0.15, -0.1) is 0 Å². The van der Waals surface area contributed by atoms with Gasteiger partial charge in [0, 0.05) is 39.0 Å². The standard InChI is InChI=1S/C39H49N5O6/c1-27-37(48)44(5)30(24-29-16-10-7-11-17-29)26-50-33-19-13-12-18-31(33)36(47)41-32(20-21-34(45)42-39(2,3)25-35(46)40-27)38(49)43(4)23-22-28-14-8-6-9-15-28/h6-19,27,30,32H,20-26H2,1-5H3,(H,40,46)(H,41,47)(H,42,45)/t27-,30-,32-/m0/s1. The summed E-state index contributed by atoms with van der Waals surface area (Å²) in [6, 6.07) is 23.9. The van der Waals surface area contributed by atoms with Crippen LogP contribution in [0.3, 0.4) is 0 Å². The predicted molar refractivity (Wildman–Crippen MR) is 191 cm³/mol. The molecule has 5 amide bonds. The van der Waals surface area contributed by atoms with Gasteiger partial charge in [0.25, 0.3) is 5.91 Å². The highest BCUT2D eigenvalue weighted by atomic mass is 16.5. The highest BCUT2D eigenvalue weighted by Crippen LogP contribution is 2.21. The summed E-state index contributed by atoms with van der Waals surface area (Å²) in [5, 5.41) is 8.53. The van der Waals surface area contributed by atoms with Crippen molar-refractivity contribution in [3.63, 3.8) is 0 Å². The number of hydrogen-bond acceptors (Lipinski definition) is 6. The van der Waals surface area contributed by atoms with Crippen LogP contribution in [0.4, 0.5) is 0 Å². The van der Waals surface area contributed by atoms with Gasteiger partial charge in [-0.3, -0.25) is 24.0 Å². The van der Waals surface area contributed by atoms with Crippen molar-refractivity contribution in [2.24, 2.45) is 0 Å². The maximum Gasteiger partial charge on any atom is 0.255 e. The zero-order valence-corrected chi connectivity index (χ0v) is 29.6. The summed E-state index contributed by atoms with van der Waals surface area (Å²) < 4.78 is 6.26. The third-order valence-corrected chi connectivity index (χ3v) is 8.82. The molecule has 0 spiro atoms. The smallest absolute Gasteiger partial charge is 0.255 e. The van der Waals surface area contributed by atoms with E-state index in [1.54, 1.807) is 68.9 Å². The number of fused-ring (bicyclic) bond motifs is 1. The van der Waals surface area contributed by atoms with E-state index in [2.05, 4.69) is 16.0 Å². The fraction of sp³-hybridized carbons (Fsp3) is 0.410. The summed E-state index contributed by atoms with van der Waals surface area (Å²) >= 11 is 0. The van der Waals surface area contributed by atoms with Crippen LogP contribution in [0.15, 0.2) is 84.9 Å². The Morgan fingerprint density at radius 3 is 2.18 bits per heavy atom. The van der Waals surface area contributed by atoms with E-state index >= 15 is 0 Å². The van der Waals surface area contributed by atoms with Gasteiger partial charge in [-0.25, -0.2) is 0 Å². The molecule has 1 aliphatic rings. The minimum atomic E-state index is -1.01. The number of amides is 5. The Balaban J connectivity index is 1.63.